The molecule has 2 aromatic heterocycles. The summed E-state index contributed by atoms with van der Waals surface area (Å²) < 4.78 is 2.14. The molecular weight excluding hydrogens is 234 g/mol. The van der Waals surface area contributed by atoms with Crippen molar-refractivity contribution < 1.29 is 0 Å². The molecule has 0 amide bonds. The first-order chi connectivity index (χ1) is 9.25. The molecule has 0 fully saturated rings. The second-order valence-corrected chi connectivity index (χ2v) is 4.74. The topological polar surface area (TPSA) is 29.3 Å². The van der Waals surface area contributed by atoms with Gasteiger partial charge < -0.3 is 9.72 Å². The lowest BCUT2D eigenvalue weighted by Gasteiger charge is -2.09. The Labute approximate surface area is 112 Å². The fourth-order valence-corrected chi connectivity index (χ4v) is 2.33. The van der Waals surface area contributed by atoms with E-state index in [0.717, 1.165) is 17.9 Å². The molecule has 3 nitrogen and oxygen atoms in total. The molecule has 0 aliphatic heterocycles. The second-order valence-electron chi connectivity index (χ2n) is 4.74. The highest BCUT2D eigenvalue weighted by atomic mass is 15.0. The molecule has 0 aliphatic carbocycles. The number of fused-ring (bicyclic) bond motifs is 1. The number of benzene rings is 1. The van der Waals surface area contributed by atoms with Crippen molar-refractivity contribution in [2.24, 2.45) is 0 Å². The van der Waals surface area contributed by atoms with Gasteiger partial charge in [0, 0.05) is 11.9 Å². The van der Waals surface area contributed by atoms with Gasteiger partial charge in [-0.05, 0) is 37.6 Å². The quantitative estimate of drug-likeness (QED) is 0.771. The van der Waals surface area contributed by atoms with Crippen LogP contribution in [-0.4, -0.2) is 9.38 Å². The minimum atomic E-state index is 0.780. The van der Waals surface area contributed by atoms with Crippen molar-refractivity contribution in [1.29, 1.82) is 0 Å². The highest BCUT2D eigenvalue weighted by molar-refractivity contribution is 5.51. The summed E-state index contributed by atoms with van der Waals surface area (Å²) in [6.45, 7) is 4.95. The van der Waals surface area contributed by atoms with E-state index in [1.165, 1.54) is 16.9 Å². The van der Waals surface area contributed by atoms with Crippen molar-refractivity contribution in [2.75, 3.05) is 5.32 Å². The molecule has 96 valence electrons. The highest BCUT2D eigenvalue weighted by Gasteiger charge is 2.07. The number of aryl methyl sites for hydroxylation is 2. The Balaban J connectivity index is 1.90. The summed E-state index contributed by atoms with van der Waals surface area (Å²) in [7, 11) is 0. The van der Waals surface area contributed by atoms with Crippen LogP contribution in [0.25, 0.3) is 5.65 Å². The molecule has 0 saturated carbocycles. The Kier molecular flexibility index (Phi) is 2.95. The monoisotopic (exact) mass is 251 g/mol. The lowest BCUT2D eigenvalue weighted by atomic mass is 10.2. The van der Waals surface area contributed by atoms with Crippen molar-refractivity contribution in [1.82, 2.24) is 9.38 Å². The summed E-state index contributed by atoms with van der Waals surface area (Å²) in [5.74, 6) is 0. The SMILES string of the molecule is Cc1ccccc1NCc1c(C)nc2ccccn12. The van der Waals surface area contributed by atoms with E-state index in [4.69, 9.17) is 0 Å². The molecule has 0 saturated heterocycles. The zero-order valence-electron chi connectivity index (χ0n) is 11.2. The standard InChI is InChI=1S/C16H17N3/c1-12-7-3-4-8-14(12)17-11-15-13(2)18-16-9-5-6-10-19(15)16/h3-10,17H,11H2,1-2H3. The van der Waals surface area contributed by atoms with Gasteiger partial charge in [-0.2, -0.15) is 0 Å². The van der Waals surface area contributed by atoms with Crippen molar-refractivity contribution in [3.8, 4) is 0 Å². The summed E-state index contributed by atoms with van der Waals surface area (Å²) in [5, 5.41) is 3.49. The van der Waals surface area contributed by atoms with Gasteiger partial charge in [-0.15, -0.1) is 0 Å². The number of nitrogens with one attached hydrogen (secondary N) is 1. The van der Waals surface area contributed by atoms with Crippen molar-refractivity contribution in [3.63, 3.8) is 0 Å². The Morgan fingerprint density at radius 3 is 2.68 bits per heavy atom. The Morgan fingerprint density at radius 1 is 1.05 bits per heavy atom. The van der Waals surface area contributed by atoms with Gasteiger partial charge in [-0.1, -0.05) is 24.3 Å². The van der Waals surface area contributed by atoms with Crippen LogP contribution in [0.4, 0.5) is 5.69 Å². The summed E-state index contributed by atoms with van der Waals surface area (Å²) in [4.78, 5) is 4.57. The Morgan fingerprint density at radius 2 is 1.84 bits per heavy atom. The first-order valence-corrected chi connectivity index (χ1v) is 6.48. The number of anilines is 1. The van der Waals surface area contributed by atoms with Crippen LogP contribution in [0.2, 0.25) is 0 Å². The van der Waals surface area contributed by atoms with Crippen molar-refractivity contribution >= 4 is 11.3 Å². The first-order valence-electron chi connectivity index (χ1n) is 6.48. The first kappa shape index (κ1) is 11.8. The van der Waals surface area contributed by atoms with Crippen LogP contribution in [0.1, 0.15) is 17.0 Å². The lowest BCUT2D eigenvalue weighted by Crippen LogP contribution is -2.04. The average molecular weight is 251 g/mol. The molecular formula is C16H17N3. The fraction of sp³-hybridized carbons (Fsp3) is 0.188. The molecule has 0 radical (unpaired) electrons. The van der Waals surface area contributed by atoms with E-state index >= 15 is 0 Å². The Bertz CT molecular complexity index is 713. The van der Waals surface area contributed by atoms with Crippen LogP contribution in [-0.2, 0) is 6.54 Å². The second kappa shape index (κ2) is 4.76. The van der Waals surface area contributed by atoms with Crippen LogP contribution < -0.4 is 5.32 Å². The number of aromatic nitrogens is 2. The van der Waals surface area contributed by atoms with E-state index < -0.39 is 0 Å². The number of hydrogen-bond acceptors (Lipinski definition) is 2. The zero-order chi connectivity index (χ0) is 13.2. The number of para-hydroxylation sites is 1. The van der Waals surface area contributed by atoms with Gasteiger partial charge in [-0.25, -0.2) is 4.98 Å². The third-order valence-electron chi connectivity index (χ3n) is 3.42. The maximum Gasteiger partial charge on any atom is 0.137 e. The molecule has 3 heteroatoms. The van der Waals surface area contributed by atoms with Crippen LogP contribution in [0.3, 0.4) is 0 Å². The third-order valence-corrected chi connectivity index (χ3v) is 3.42. The number of rotatable bonds is 3. The van der Waals surface area contributed by atoms with Gasteiger partial charge in [0.2, 0.25) is 0 Å². The molecule has 1 aromatic carbocycles. The normalized spacial score (nSPS) is 10.8. The molecule has 0 spiro atoms. The minimum Gasteiger partial charge on any atom is -0.379 e. The zero-order valence-corrected chi connectivity index (χ0v) is 11.2. The summed E-state index contributed by atoms with van der Waals surface area (Å²) >= 11 is 0. The van der Waals surface area contributed by atoms with Gasteiger partial charge in [-0.3, -0.25) is 0 Å². The fourth-order valence-electron chi connectivity index (χ4n) is 2.33. The Hall–Kier alpha value is -2.29. The summed E-state index contributed by atoms with van der Waals surface area (Å²) in [5.41, 5.74) is 5.72. The molecule has 0 bridgehead atoms. The molecule has 0 aliphatic rings. The van der Waals surface area contributed by atoms with E-state index in [1.54, 1.807) is 0 Å². The number of imidazole rings is 1. The average Bonchev–Trinajstić information content (AvgIpc) is 2.74. The van der Waals surface area contributed by atoms with Crippen molar-refractivity contribution in [2.45, 2.75) is 20.4 Å². The van der Waals surface area contributed by atoms with E-state index in [9.17, 15) is 0 Å². The maximum absolute atomic E-state index is 4.57. The molecule has 0 atom stereocenters. The number of pyridine rings is 1. The number of hydrogen-bond donors (Lipinski definition) is 1. The van der Waals surface area contributed by atoms with E-state index in [1.807, 2.05) is 18.2 Å². The smallest absolute Gasteiger partial charge is 0.137 e. The molecule has 19 heavy (non-hydrogen) atoms. The van der Waals surface area contributed by atoms with E-state index in [2.05, 4.69) is 59.0 Å². The van der Waals surface area contributed by atoms with Crippen LogP contribution in [0.15, 0.2) is 48.7 Å². The molecule has 0 unspecified atom stereocenters. The predicted molar refractivity (Wildman–Crippen MR) is 78.4 cm³/mol. The van der Waals surface area contributed by atoms with E-state index in [0.29, 0.717) is 0 Å². The van der Waals surface area contributed by atoms with Crippen molar-refractivity contribution in [3.05, 3.63) is 65.6 Å². The van der Waals surface area contributed by atoms with Gasteiger partial charge in [0.1, 0.15) is 5.65 Å². The molecule has 1 N–H and O–H groups in total. The van der Waals surface area contributed by atoms with Gasteiger partial charge >= 0.3 is 0 Å². The third kappa shape index (κ3) is 2.19. The molecule has 3 aromatic rings. The van der Waals surface area contributed by atoms with Crippen LogP contribution in [0.5, 0.6) is 0 Å². The predicted octanol–water partition coefficient (Wildman–Crippen LogP) is 3.56. The van der Waals surface area contributed by atoms with Crippen LogP contribution in [0, 0.1) is 13.8 Å². The van der Waals surface area contributed by atoms with Gasteiger partial charge in [0.25, 0.3) is 0 Å². The summed E-state index contributed by atoms with van der Waals surface area (Å²) in [6.07, 6.45) is 2.06. The van der Waals surface area contributed by atoms with E-state index in [-0.39, 0.29) is 0 Å². The van der Waals surface area contributed by atoms with Gasteiger partial charge in [0.15, 0.2) is 0 Å². The molecule has 3 rings (SSSR count). The van der Waals surface area contributed by atoms with Gasteiger partial charge in [0.05, 0.1) is 17.9 Å². The maximum atomic E-state index is 4.57. The largest absolute Gasteiger partial charge is 0.379 e. The molecule has 2 heterocycles. The number of nitrogens with zero attached hydrogens (tertiary/aromatic N) is 2. The van der Waals surface area contributed by atoms with Crippen LogP contribution >= 0.6 is 0 Å². The highest BCUT2D eigenvalue weighted by Crippen LogP contribution is 2.17. The lowest BCUT2D eigenvalue weighted by molar-refractivity contribution is 0.985. The minimum absolute atomic E-state index is 0.780. The summed E-state index contributed by atoms with van der Waals surface area (Å²) in [6, 6.07) is 14.4.